The molecule has 0 aliphatic heterocycles. The Hall–Kier alpha value is -1.12. The average Bonchev–Trinajstić information content (AvgIpc) is 3.10. The van der Waals surface area contributed by atoms with Crippen LogP contribution in [0.15, 0.2) is 35.7 Å². The van der Waals surface area contributed by atoms with Crippen molar-refractivity contribution < 1.29 is 0 Å². The number of benzene rings is 1. The van der Waals surface area contributed by atoms with Gasteiger partial charge in [0.1, 0.15) is 0 Å². The van der Waals surface area contributed by atoms with E-state index in [-0.39, 0.29) is 5.41 Å². The highest BCUT2D eigenvalue weighted by Crippen LogP contribution is 2.33. The van der Waals surface area contributed by atoms with Gasteiger partial charge in [-0.15, -0.1) is 11.3 Å². The topological polar surface area (TPSA) is 3.24 Å². The summed E-state index contributed by atoms with van der Waals surface area (Å²) in [7, 11) is 0. The first kappa shape index (κ1) is 18.7. The number of nitrogens with zero attached hydrogens (tertiary/aromatic N) is 1. The van der Waals surface area contributed by atoms with Gasteiger partial charge in [-0.3, -0.25) is 4.90 Å². The van der Waals surface area contributed by atoms with E-state index in [1.807, 2.05) is 11.3 Å². The average molecular weight is 356 g/mol. The minimum absolute atomic E-state index is 0.250. The summed E-state index contributed by atoms with van der Waals surface area (Å²) in [6.07, 6.45) is 6.22. The van der Waals surface area contributed by atoms with Gasteiger partial charge in [0.05, 0.1) is 0 Å². The van der Waals surface area contributed by atoms with Gasteiger partial charge >= 0.3 is 0 Å². The molecule has 1 aliphatic rings. The fraction of sp³-hybridized carbons (Fsp3) is 0.565. The van der Waals surface area contributed by atoms with Gasteiger partial charge in [-0.05, 0) is 72.2 Å². The molecule has 2 heteroatoms. The number of hydrogen-bond acceptors (Lipinski definition) is 2. The Bertz CT molecular complexity index is 666. The molecule has 1 heterocycles. The van der Waals surface area contributed by atoms with E-state index in [0.717, 1.165) is 0 Å². The van der Waals surface area contributed by atoms with E-state index in [1.165, 1.54) is 50.1 Å². The molecular weight excluding hydrogens is 322 g/mol. The molecule has 0 N–H and O–H groups in total. The Morgan fingerprint density at radius 1 is 1.12 bits per heavy atom. The van der Waals surface area contributed by atoms with Crippen molar-refractivity contribution in [1.29, 1.82) is 0 Å². The van der Waals surface area contributed by atoms with E-state index in [4.69, 9.17) is 0 Å². The van der Waals surface area contributed by atoms with Gasteiger partial charge < -0.3 is 0 Å². The Balaban J connectivity index is 1.73. The second-order valence-electron chi connectivity index (χ2n) is 8.46. The maximum Gasteiger partial charge on any atom is 0.0139 e. The van der Waals surface area contributed by atoms with Crippen LogP contribution in [0.4, 0.5) is 0 Å². The fourth-order valence-corrected chi connectivity index (χ4v) is 4.97. The van der Waals surface area contributed by atoms with Gasteiger partial charge in [0.15, 0.2) is 0 Å². The third kappa shape index (κ3) is 4.54. The first-order valence-electron chi connectivity index (χ1n) is 9.86. The normalized spacial score (nSPS) is 17.7. The van der Waals surface area contributed by atoms with Crippen LogP contribution in [0.1, 0.15) is 62.1 Å². The second-order valence-corrected chi connectivity index (χ2v) is 9.49. The molecule has 0 unspecified atom stereocenters. The van der Waals surface area contributed by atoms with Crippen molar-refractivity contribution in [3.63, 3.8) is 0 Å². The minimum atomic E-state index is 0.250. The van der Waals surface area contributed by atoms with Gasteiger partial charge in [-0.2, -0.15) is 0 Å². The van der Waals surface area contributed by atoms with Crippen LogP contribution >= 0.6 is 11.3 Å². The van der Waals surface area contributed by atoms with Gasteiger partial charge in [0.25, 0.3) is 0 Å². The zero-order chi connectivity index (χ0) is 17.9. The molecule has 3 rings (SSSR count). The molecule has 1 aliphatic carbocycles. The summed E-state index contributed by atoms with van der Waals surface area (Å²) in [5.74, 6) is 0. The van der Waals surface area contributed by atoms with Crippen LogP contribution in [0.3, 0.4) is 0 Å². The van der Waals surface area contributed by atoms with Crippen molar-refractivity contribution in [3.05, 3.63) is 57.3 Å². The molecule has 0 amide bonds. The molecule has 0 saturated heterocycles. The van der Waals surface area contributed by atoms with Crippen LogP contribution in [0.2, 0.25) is 0 Å². The maximum atomic E-state index is 2.76. The van der Waals surface area contributed by atoms with E-state index >= 15 is 0 Å². The summed E-state index contributed by atoms with van der Waals surface area (Å²) >= 11 is 1.90. The lowest BCUT2D eigenvalue weighted by molar-refractivity contribution is 0.182. The van der Waals surface area contributed by atoms with E-state index < -0.39 is 0 Å². The lowest BCUT2D eigenvalue weighted by atomic mass is 9.77. The van der Waals surface area contributed by atoms with Crippen molar-refractivity contribution in [1.82, 2.24) is 4.90 Å². The Morgan fingerprint density at radius 2 is 1.96 bits per heavy atom. The molecule has 2 aromatic rings. The van der Waals surface area contributed by atoms with E-state index in [2.05, 4.69) is 68.3 Å². The number of hydrogen-bond donors (Lipinski definition) is 0. The predicted octanol–water partition coefficient (Wildman–Crippen LogP) is 5.86. The van der Waals surface area contributed by atoms with Crippen LogP contribution in [0.5, 0.6) is 0 Å². The summed E-state index contributed by atoms with van der Waals surface area (Å²) in [5.41, 5.74) is 5.05. The van der Waals surface area contributed by atoms with Crippen molar-refractivity contribution >= 4 is 11.3 Å². The second kappa shape index (κ2) is 8.05. The summed E-state index contributed by atoms with van der Waals surface area (Å²) < 4.78 is 0. The molecule has 1 aromatic heterocycles. The maximum absolute atomic E-state index is 2.76. The Labute approximate surface area is 158 Å². The number of rotatable bonds is 6. The summed E-state index contributed by atoms with van der Waals surface area (Å²) in [6.45, 7) is 11.8. The highest BCUT2D eigenvalue weighted by molar-refractivity contribution is 7.09. The van der Waals surface area contributed by atoms with Crippen molar-refractivity contribution in [3.8, 4) is 0 Å². The molecule has 136 valence electrons. The highest BCUT2D eigenvalue weighted by Gasteiger charge is 2.27. The van der Waals surface area contributed by atoms with Gasteiger partial charge in [0.2, 0.25) is 0 Å². The molecule has 1 aromatic carbocycles. The Morgan fingerprint density at radius 3 is 2.64 bits per heavy atom. The zero-order valence-corrected chi connectivity index (χ0v) is 17.2. The summed E-state index contributed by atoms with van der Waals surface area (Å²) in [6, 6.07) is 12.2. The molecule has 1 atom stereocenters. The molecule has 0 spiro atoms. The van der Waals surface area contributed by atoms with E-state index in [0.29, 0.717) is 6.04 Å². The molecule has 25 heavy (non-hydrogen) atoms. The highest BCUT2D eigenvalue weighted by atomic mass is 32.1. The molecule has 0 bridgehead atoms. The quantitative estimate of drug-likeness (QED) is 0.627. The Kier molecular flexibility index (Phi) is 6.01. The molecule has 1 nitrogen and oxygen atoms in total. The third-order valence-corrected chi connectivity index (χ3v) is 6.45. The van der Waals surface area contributed by atoms with Gasteiger partial charge in [-0.1, -0.05) is 52.0 Å². The number of thiophene rings is 1. The summed E-state index contributed by atoms with van der Waals surface area (Å²) in [4.78, 5) is 4.28. The monoisotopic (exact) mass is 355 g/mol. The van der Waals surface area contributed by atoms with Crippen LogP contribution in [-0.2, 0) is 24.7 Å². The standard InChI is InChI=1S/C23H33NS/c1-5-14-24(15-13-20-9-7-16-25-20)19-11-12-21-18(17-19)8-6-10-22(21)23(2,3)4/h6-10,16,19H,5,11-15,17H2,1-4H3/t19-/m0/s1. The molecular formula is C23H33NS. The number of fused-ring (bicyclic) bond motifs is 1. The molecule has 0 saturated carbocycles. The molecule has 0 fully saturated rings. The van der Waals surface area contributed by atoms with Crippen LogP contribution in [0.25, 0.3) is 0 Å². The van der Waals surface area contributed by atoms with Crippen molar-refractivity contribution in [2.75, 3.05) is 13.1 Å². The van der Waals surface area contributed by atoms with Crippen LogP contribution in [0, 0.1) is 0 Å². The SMILES string of the molecule is CCCN(CCc1cccs1)[C@H]1CCc2c(cccc2C(C)(C)C)C1. The van der Waals surface area contributed by atoms with Crippen LogP contribution in [-0.4, -0.2) is 24.0 Å². The fourth-order valence-electron chi connectivity index (χ4n) is 4.28. The largest absolute Gasteiger partial charge is 0.300 e. The van der Waals surface area contributed by atoms with Gasteiger partial charge in [0, 0.05) is 17.5 Å². The zero-order valence-electron chi connectivity index (χ0n) is 16.3. The minimum Gasteiger partial charge on any atom is -0.300 e. The molecule has 0 radical (unpaired) electrons. The van der Waals surface area contributed by atoms with Crippen LogP contribution < -0.4 is 0 Å². The lowest BCUT2D eigenvalue weighted by Gasteiger charge is -2.37. The first-order chi connectivity index (χ1) is 12.0. The van der Waals surface area contributed by atoms with E-state index in [1.54, 1.807) is 16.7 Å². The smallest absolute Gasteiger partial charge is 0.0139 e. The third-order valence-electron chi connectivity index (χ3n) is 5.52. The van der Waals surface area contributed by atoms with Gasteiger partial charge in [-0.25, -0.2) is 0 Å². The van der Waals surface area contributed by atoms with Crippen molar-refractivity contribution in [2.24, 2.45) is 0 Å². The van der Waals surface area contributed by atoms with E-state index in [9.17, 15) is 0 Å². The predicted molar refractivity (Wildman–Crippen MR) is 111 cm³/mol. The lowest BCUT2D eigenvalue weighted by Crippen LogP contribution is -2.41. The van der Waals surface area contributed by atoms with Crippen molar-refractivity contribution in [2.45, 2.75) is 71.3 Å². The first-order valence-corrected chi connectivity index (χ1v) is 10.7. The summed E-state index contributed by atoms with van der Waals surface area (Å²) in [5, 5.41) is 2.20.